The first-order valence-corrected chi connectivity index (χ1v) is 7.85. The second kappa shape index (κ2) is 6.22. The third kappa shape index (κ3) is 2.59. The summed E-state index contributed by atoms with van der Waals surface area (Å²) in [6, 6.07) is 16.3. The summed E-state index contributed by atoms with van der Waals surface area (Å²) in [5.41, 5.74) is 0.975. The molecule has 4 nitrogen and oxygen atoms in total. The van der Waals surface area contributed by atoms with Crippen molar-refractivity contribution in [3.63, 3.8) is 0 Å². The summed E-state index contributed by atoms with van der Waals surface area (Å²) in [5, 5.41) is 10.2. The molecule has 3 rings (SSSR count). The number of nitriles is 1. The van der Waals surface area contributed by atoms with Gasteiger partial charge in [-0.2, -0.15) is 5.26 Å². The van der Waals surface area contributed by atoms with Gasteiger partial charge in [0.2, 0.25) is 0 Å². The highest BCUT2D eigenvalue weighted by molar-refractivity contribution is 7.99. The van der Waals surface area contributed by atoms with Crippen LogP contribution in [0.5, 0.6) is 0 Å². The van der Waals surface area contributed by atoms with Crippen molar-refractivity contribution in [2.45, 2.75) is 5.16 Å². The Balaban J connectivity index is 2.36. The number of halogens is 1. The highest BCUT2D eigenvalue weighted by Crippen LogP contribution is 2.25. The Morgan fingerprint density at radius 2 is 1.91 bits per heavy atom. The van der Waals surface area contributed by atoms with Crippen LogP contribution < -0.4 is 5.56 Å². The van der Waals surface area contributed by atoms with E-state index in [-0.39, 0.29) is 11.3 Å². The Bertz CT molecular complexity index is 946. The van der Waals surface area contributed by atoms with Gasteiger partial charge in [-0.1, -0.05) is 47.6 Å². The van der Waals surface area contributed by atoms with E-state index < -0.39 is 0 Å². The number of rotatable bonds is 3. The van der Waals surface area contributed by atoms with Gasteiger partial charge in [0.15, 0.2) is 5.16 Å². The molecule has 0 saturated carbocycles. The van der Waals surface area contributed by atoms with E-state index in [4.69, 9.17) is 16.9 Å². The van der Waals surface area contributed by atoms with Crippen LogP contribution in [0.4, 0.5) is 0 Å². The Labute approximate surface area is 136 Å². The lowest BCUT2D eigenvalue weighted by Gasteiger charge is -2.13. The van der Waals surface area contributed by atoms with Gasteiger partial charge in [-0.05, 0) is 24.3 Å². The first-order chi connectivity index (χ1) is 10.7. The monoisotopic (exact) mass is 327 g/mol. The van der Waals surface area contributed by atoms with Crippen molar-refractivity contribution in [3.8, 4) is 11.8 Å². The van der Waals surface area contributed by atoms with Gasteiger partial charge in [-0.15, -0.1) is 0 Å². The number of hydrogen-bond donors (Lipinski definition) is 0. The van der Waals surface area contributed by atoms with Gasteiger partial charge in [-0.25, -0.2) is 4.98 Å². The lowest BCUT2D eigenvalue weighted by Crippen LogP contribution is -2.22. The fourth-order valence-corrected chi connectivity index (χ4v) is 3.04. The van der Waals surface area contributed by atoms with E-state index in [1.54, 1.807) is 36.4 Å². The minimum atomic E-state index is -0.195. The van der Waals surface area contributed by atoms with Gasteiger partial charge in [0, 0.05) is 0 Å². The van der Waals surface area contributed by atoms with Crippen LogP contribution in [0.25, 0.3) is 16.6 Å². The number of hydrogen-bond acceptors (Lipinski definition) is 4. The first-order valence-electron chi connectivity index (χ1n) is 6.49. The van der Waals surface area contributed by atoms with Crippen LogP contribution in [0.1, 0.15) is 0 Å². The van der Waals surface area contributed by atoms with Crippen molar-refractivity contribution in [1.29, 1.82) is 5.26 Å². The Kier molecular flexibility index (Phi) is 4.14. The molecular formula is C16H10ClN3OS. The zero-order valence-corrected chi connectivity index (χ0v) is 12.9. The molecule has 0 spiro atoms. The Morgan fingerprint density at radius 3 is 2.68 bits per heavy atom. The minimum absolute atomic E-state index is 0.195. The van der Waals surface area contributed by atoms with Crippen LogP contribution >= 0.6 is 23.4 Å². The highest BCUT2D eigenvalue weighted by atomic mass is 35.5. The standard InChI is InChI=1S/C16H10ClN3OS/c17-12-6-2-4-8-14(12)20-15(21)11-5-1-3-7-13(11)19-16(20)22-10-9-18/h1-8H,10H2. The third-order valence-electron chi connectivity index (χ3n) is 3.10. The van der Waals surface area contributed by atoms with Crippen molar-refractivity contribution in [2.75, 3.05) is 5.75 Å². The van der Waals surface area contributed by atoms with Crippen LogP contribution in [0.2, 0.25) is 5.02 Å². The van der Waals surface area contributed by atoms with E-state index in [1.165, 1.54) is 16.3 Å². The van der Waals surface area contributed by atoms with E-state index in [2.05, 4.69) is 11.1 Å². The van der Waals surface area contributed by atoms with Crippen molar-refractivity contribution in [3.05, 3.63) is 63.9 Å². The molecule has 6 heteroatoms. The average molecular weight is 328 g/mol. The number of thioether (sulfide) groups is 1. The molecule has 3 aromatic rings. The van der Waals surface area contributed by atoms with Gasteiger partial charge in [0.25, 0.3) is 5.56 Å². The SMILES string of the molecule is N#CCSc1nc2ccccc2c(=O)n1-c1ccccc1Cl. The summed E-state index contributed by atoms with van der Waals surface area (Å²) in [5.74, 6) is 0.204. The molecule has 0 amide bonds. The van der Waals surface area contributed by atoms with Gasteiger partial charge >= 0.3 is 0 Å². The van der Waals surface area contributed by atoms with E-state index >= 15 is 0 Å². The van der Waals surface area contributed by atoms with E-state index in [9.17, 15) is 4.79 Å². The van der Waals surface area contributed by atoms with Crippen molar-refractivity contribution < 1.29 is 0 Å². The predicted molar refractivity (Wildman–Crippen MR) is 88.7 cm³/mol. The summed E-state index contributed by atoms with van der Waals surface area (Å²) in [6.07, 6.45) is 0. The van der Waals surface area contributed by atoms with Crippen LogP contribution in [0.3, 0.4) is 0 Å². The number of para-hydroxylation sites is 2. The largest absolute Gasteiger partial charge is 0.268 e. The number of nitrogens with zero attached hydrogens (tertiary/aromatic N) is 3. The van der Waals surface area contributed by atoms with Gasteiger partial charge in [-0.3, -0.25) is 9.36 Å². The summed E-state index contributed by atoms with van der Waals surface area (Å²) < 4.78 is 1.46. The zero-order valence-electron chi connectivity index (χ0n) is 11.4. The Morgan fingerprint density at radius 1 is 1.18 bits per heavy atom. The molecule has 0 aliphatic rings. The molecule has 108 valence electrons. The topological polar surface area (TPSA) is 58.7 Å². The molecule has 0 aliphatic carbocycles. The number of benzene rings is 2. The smallest absolute Gasteiger partial charge is 0.266 e. The predicted octanol–water partition coefficient (Wildman–Crippen LogP) is 3.65. The minimum Gasteiger partial charge on any atom is -0.268 e. The van der Waals surface area contributed by atoms with Crippen LogP contribution in [0.15, 0.2) is 58.5 Å². The van der Waals surface area contributed by atoms with Crippen LogP contribution in [-0.2, 0) is 0 Å². The molecule has 0 atom stereocenters. The highest BCUT2D eigenvalue weighted by Gasteiger charge is 2.14. The number of fused-ring (bicyclic) bond motifs is 1. The molecular weight excluding hydrogens is 318 g/mol. The average Bonchev–Trinajstić information content (AvgIpc) is 2.54. The van der Waals surface area contributed by atoms with E-state index in [1.807, 2.05) is 12.1 Å². The molecule has 0 N–H and O–H groups in total. The number of aromatic nitrogens is 2. The molecule has 2 aromatic carbocycles. The van der Waals surface area contributed by atoms with Crippen molar-refractivity contribution in [2.24, 2.45) is 0 Å². The fourth-order valence-electron chi connectivity index (χ4n) is 2.15. The lowest BCUT2D eigenvalue weighted by molar-refractivity contribution is 0.821. The second-order valence-electron chi connectivity index (χ2n) is 4.45. The summed E-state index contributed by atoms with van der Waals surface area (Å²) in [7, 11) is 0. The fraction of sp³-hybridized carbons (Fsp3) is 0.0625. The summed E-state index contributed by atoms with van der Waals surface area (Å²) in [6.45, 7) is 0. The zero-order chi connectivity index (χ0) is 15.5. The summed E-state index contributed by atoms with van der Waals surface area (Å²) >= 11 is 7.44. The molecule has 0 unspecified atom stereocenters. The molecule has 0 saturated heterocycles. The molecule has 22 heavy (non-hydrogen) atoms. The molecule has 0 bridgehead atoms. The summed E-state index contributed by atoms with van der Waals surface area (Å²) in [4.78, 5) is 17.3. The molecule has 1 aromatic heterocycles. The normalized spacial score (nSPS) is 10.5. The molecule has 1 heterocycles. The maximum Gasteiger partial charge on any atom is 0.266 e. The Hall–Kier alpha value is -2.29. The maximum atomic E-state index is 12.8. The maximum absolute atomic E-state index is 12.8. The van der Waals surface area contributed by atoms with Crippen molar-refractivity contribution in [1.82, 2.24) is 9.55 Å². The molecule has 0 radical (unpaired) electrons. The third-order valence-corrected chi connectivity index (χ3v) is 4.23. The quantitative estimate of drug-likeness (QED) is 0.544. The van der Waals surface area contributed by atoms with Gasteiger partial charge < -0.3 is 0 Å². The second-order valence-corrected chi connectivity index (χ2v) is 5.80. The van der Waals surface area contributed by atoms with Crippen LogP contribution in [0, 0.1) is 11.3 Å². The van der Waals surface area contributed by atoms with E-state index in [0.717, 1.165) is 0 Å². The lowest BCUT2D eigenvalue weighted by atomic mass is 10.2. The van der Waals surface area contributed by atoms with Gasteiger partial charge in [0.1, 0.15) is 0 Å². The van der Waals surface area contributed by atoms with Gasteiger partial charge in [0.05, 0.1) is 33.4 Å². The molecule has 0 fully saturated rings. The van der Waals surface area contributed by atoms with Crippen molar-refractivity contribution >= 4 is 34.3 Å². The molecule has 0 aliphatic heterocycles. The first kappa shape index (κ1) is 14.6. The van der Waals surface area contributed by atoms with E-state index in [0.29, 0.717) is 26.8 Å². The van der Waals surface area contributed by atoms with Crippen LogP contribution in [-0.4, -0.2) is 15.3 Å².